The molecule has 138 valence electrons. The second-order valence-corrected chi connectivity index (χ2v) is 6.36. The van der Waals surface area contributed by atoms with Crippen LogP contribution in [0.3, 0.4) is 0 Å². The van der Waals surface area contributed by atoms with Gasteiger partial charge < -0.3 is 4.90 Å². The Morgan fingerprint density at radius 3 is 2.62 bits per heavy atom. The number of rotatable bonds is 5. The van der Waals surface area contributed by atoms with Crippen molar-refractivity contribution in [2.75, 3.05) is 25.0 Å². The number of anilines is 1. The molecule has 1 saturated heterocycles. The lowest BCUT2D eigenvalue weighted by Crippen LogP contribution is -2.41. The molecule has 7 heteroatoms. The van der Waals surface area contributed by atoms with Crippen molar-refractivity contribution in [3.05, 3.63) is 59.9 Å². The van der Waals surface area contributed by atoms with Crippen LogP contribution in [0.15, 0.2) is 48.7 Å². The fourth-order valence-electron chi connectivity index (χ4n) is 3.25. The molecule has 26 heavy (non-hydrogen) atoms. The molecule has 1 aromatic heterocycles. The quantitative estimate of drug-likeness (QED) is 0.817. The van der Waals surface area contributed by atoms with Crippen LogP contribution in [-0.2, 0) is 17.4 Å². The Morgan fingerprint density at radius 1 is 1.19 bits per heavy atom. The van der Waals surface area contributed by atoms with Gasteiger partial charge in [-0.1, -0.05) is 18.2 Å². The maximum Gasteiger partial charge on any atom is 0.418 e. The Hall–Kier alpha value is -2.41. The Morgan fingerprint density at radius 2 is 1.92 bits per heavy atom. The number of likely N-dealkylation sites (N-methyl/N-ethyl adjacent to an activating group) is 1. The van der Waals surface area contributed by atoms with Gasteiger partial charge in [0.15, 0.2) is 0 Å². The summed E-state index contributed by atoms with van der Waals surface area (Å²) in [6.07, 6.45) is -1.59. The molecule has 1 atom stereocenters. The van der Waals surface area contributed by atoms with Gasteiger partial charge in [0.05, 0.1) is 17.3 Å². The molecule has 1 aliphatic heterocycles. The topological polar surface area (TPSA) is 36.4 Å². The van der Waals surface area contributed by atoms with Gasteiger partial charge in [-0.3, -0.25) is 14.7 Å². The number of hydrogen-bond donors (Lipinski definition) is 0. The summed E-state index contributed by atoms with van der Waals surface area (Å²) in [4.78, 5) is 20.1. The van der Waals surface area contributed by atoms with Crippen molar-refractivity contribution in [3.8, 4) is 0 Å². The maximum atomic E-state index is 13.2. The van der Waals surface area contributed by atoms with Crippen LogP contribution in [0.5, 0.6) is 0 Å². The predicted octanol–water partition coefficient (Wildman–Crippen LogP) is 3.38. The first-order valence-corrected chi connectivity index (χ1v) is 8.45. The van der Waals surface area contributed by atoms with Gasteiger partial charge in [0.2, 0.25) is 5.91 Å². The minimum atomic E-state index is -4.49. The first kappa shape index (κ1) is 18.4. The number of benzene rings is 1. The third-order valence-electron chi connectivity index (χ3n) is 4.66. The number of carbonyl (C=O) groups is 1. The van der Waals surface area contributed by atoms with Crippen LogP contribution in [0.1, 0.15) is 17.7 Å². The number of halogens is 3. The monoisotopic (exact) mass is 363 g/mol. The van der Waals surface area contributed by atoms with Crippen molar-refractivity contribution in [3.63, 3.8) is 0 Å². The van der Waals surface area contributed by atoms with Gasteiger partial charge in [-0.2, -0.15) is 13.2 Å². The van der Waals surface area contributed by atoms with E-state index in [1.54, 1.807) is 6.20 Å². The van der Waals surface area contributed by atoms with Gasteiger partial charge in [0.1, 0.15) is 0 Å². The third kappa shape index (κ3) is 3.88. The number of pyridine rings is 1. The van der Waals surface area contributed by atoms with Crippen molar-refractivity contribution in [2.24, 2.45) is 0 Å². The zero-order valence-electron chi connectivity index (χ0n) is 14.4. The molecular formula is C19H20F3N3O. The summed E-state index contributed by atoms with van der Waals surface area (Å²) in [6.45, 7) is 0.896. The van der Waals surface area contributed by atoms with Crippen molar-refractivity contribution in [2.45, 2.75) is 25.1 Å². The van der Waals surface area contributed by atoms with Gasteiger partial charge in [0.25, 0.3) is 0 Å². The molecule has 1 aromatic carbocycles. The molecule has 0 aliphatic carbocycles. The van der Waals surface area contributed by atoms with E-state index in [1.165, 1.54) is 23.1 Å². The molecule has 1 amide bonds. The summed E-state index contributed by atoms with van der Waals surface area (Å²) in [5, 5.41) is 0. The summed E-state index contributed by atoms with van der Waals surface area (Å²) in [6, 6.07) is 10.5. The summed E-state index contributed by atoms with van der Waals surface area (Å²) >= 11 is 0. The molecule has 1 aliphatic rings. The zero-order chi connectivity index (χ0) is 18.7. The molecule has 2 heterocycles. The van der Waals surface area contributed by atoms with Crippen LogP contribution in [-0.4, -0.2) is 42.0 Å². The average Bonchev–Trinajstić information content (AvgIpc) is 3.01. The highest BCUT2D eigenvalue weighted by molar-refractivity contribution is 6.00. The Bertz CT molecular complexity index is 764. The summed E-state index contributed by atoms with van der Waals surface area (Å²) in [5.74, 6) is -0.287. The van der Waals surface area contributed by atoms with Crippen LogP contribution >= 0.6 is 0 Å². The van der Waals surface area contributed by atoms with Crippen LogP contribution in [0.2, 0.25) is 0 Å². The number of amides is 1. The number of hydrogen-bond acceptors (Lipinski definition) is 3. The van der Waals surface area contributed by atoms with E-state index in [0.29, 0.717) is 19.4 Å². The van der Waals surface area contributed by atoms with E-state index >= 15 is 0 Å². The molecule has 4 nitrogen and oxygen atoms in total. The molecule has 0 spiro atoms. The first-order chi connectivity index (χ1) is 12.4. The fraction of sp³-hybridized carbons (Fsp3) is 0.368. The lowest BCUT2D eigenvalue weighted by Gasteiger charge is -2.25. The van der Waals surface area contributed by atoms with E-state index in [1.807, 2.05) is 30.1 Å². The van der Waals surface area contributed by atoms with Crippen molar-refractivity contribution in [1.82, 2.24) is 9.88 Å². The molecule has 3 rings (SSSR count). The van der Waals surface area contributed by atoms with Crippen LogP contribution in [0.25, 0.3) is 0 Å². The molecule has 0 N–H and O–H groups in total. The Balaban J connectivity index is 1.70. The van der Waals surface area contributed by atoms with Crippen molar-refractivity contribution >= 4 is 11.6 Å². The number of alkyl halides is 3. The standard InChI is InChI=1S/C19H20F3N3O/c1-24(12-9-14-6-4-5-11-23-14)17-10-13-25(18(17)26)16-8-3-2-7-15(16)19(20,21)22/h2-8,11,17H,9-10,12-13H2,1H3. The molecule has 0 radical (unpaired) electrons. The van der Waals surface area contributed by atoms with Crippen LogP contribution in [0, 0.1) is 0 Å². The van der Waals surface area contributed by atoms with E-state index < -0.39 is 17.8 Å². The molecular weight excluding hydrogens is 343 g/mol. The van der Waals surface area contributed by atoms with E-state index in [2.05, 4.69) is 4.98 Å². The number of carbonyl (C=O) groups excluding carboxylic acids is 1. The number of nitrogens with zero attached hydrogens (tertiary/aromatic N) is 3. The molecule has 1 unspecified atom stereocenters. The van der Waals surface area contributed by atoms with Gasteiger partial charge in [-0.15, -0.1) is 0 Å². The SMILES string of the molecule is CN(CCc1ccccn1)C1CCN(c2ccccc2C(F)(F)F)C1=O. The maximum absolute atomic E-state index is 13.2. The van der Waals surface area contributed by atoms with Crippen LogP contribution in [0.4, 0.5) is 18.9 Å². The van der Waals surface area contributed by atoms with E-state index in [4.69, 9.17) is 0 Å². The summed E-state index contributed by atoms with van der Waals surface area (Å²) < 4.78 is 39.7. The highest BCUT2D eigenvalue weighted by Crippen LogP contribution is 2.38. The second-order valence-electron chi connectivity index (χ2n) is 6.36. The largest absolute Gasteiger partial charge is 0.418 e. The highest BCUT2D eigenvalue weighted by Gasteiger charge is 2.40. The predicted molar refractivity (Wildman–Crippen MR) is 92.8 cm³/mol. The lowest BCUT2D eigenvalue weighted by molar-refractivity contribution is -0.137. The Labute approximate surface area is 150 Å². The van der Waals surface area contributed by atoms with Crippen molar-refractivity contribution < 1.29 is 18.0 Å². The number of aromatic nitrogens is 1. The van der Waals surface area contributed by atoms with Gasteiger partial charge in [0, 0.05) is 31.4 Å². The zero-order valence-corrected chi connectivity index (χ0v) is 14.4. The van der Waals surface area contributed by atoms with E-state index in [0.717, 1.165) is 11.8 Å². The normalized spacial score (nSPS) is 18.0. The van der Waals surface area contributed by atoms with E-state index in [-0.39, 0.29) is 18.1 Å². The minimum Gasteiger partial charge on any atom is -0.310 e. The van der Waals surface area contributed by atoms with Crippen molar-refractivity contribution in [1.29, 1.82) is 0 Å². The Kier molecular flexibility index (Phi) is 5.27. The van der Waals surface area contributed by atoms with Crippen LogP contribution < -0.4 is 4.90 Å². The molecule has 1 fully saturated rings. The second kappa shape index (κ2) is 7.45. The molecule has 0 saturated carbocycles. The smallest absolute Gasteiger partial charge is 0.310 e. The molecule has 0 bridgehead atoms. The summed E-state index contributed by atoms with van der Waals surface area (Å²) in [7, 11) is 1.82. The van der Waals surface area contributed by atoms with Gasteiger partial charge >= 0.3 is 6.18 Å². The highest BCUT2D eigenvalue weighted by atomic mass is 19.4. The van der Waals surface area contributed by atoms with Gasteiger partial charge in [-0.05, 0) is 37.7 Å². The first-order valence-electron chi connectivity index (χ1n) is 8.45. The number of para-hydroxylation sites is 1. The lowest BCUT2D eigenvalue weighted by atomic mass is 10.1. The summed E-state index contributed by atoms with van der Waals surface area (Å²) in [5.41, 5.74) is 0.0832. The van der Waals surface area contributed by atoms with E-state index in [9.17, 15) is 18.0 Å². The fourth-order valence-corrected chi connectivity index (χ4v) is 3.25. The average molecular weight is 363 g/mol. The van der Waals surface area contributed by atoms with Gasteiger partial charge in [-0.25, -0.2) is 0 Å². The minimum absolute atomic E-state index is 0.0642. The third-order valence-corrected chi connectivity index (χ3v) is 4.66. The molecule has 2 aromatic rings.